The zero-order valence-electron chi connectivity index (χ0n) is 15.8. The lowest BCUT2D eigenvalue weighted by Crippen LogP contribution is -2.39. The van der Waals surface area contributed by atoms with Gasteiger partial charge in [0.1, 0.15) is 5.70 Å². The Morgan fingerprint density at radius 3 is 2.52 bits per heavy atom. The highest BCUT2D eigenvalue weighted by molar-refractivity contribution is 6.35. The van der Waals surface area contributed by atoms with Crippen LogP contribution in [0, 0.1) is 19.8 Å². The first-order chi connectivity index (χ1) is 11.9. The van der Waals surface area contributed by atoms with Crippen molar-refractivity contribution in [1.29, 1.82) is 0 Å². The number of imide groups is 1. The summed E-state index contributed by atoms with van der Waals surface area (Å²) < 4.78 is 0. The molecule has 1 saturated heterocycles. The van der Waals surface area contributed by atoms with Gasteiger partial charge in [-0.15, -0.1) is 0 Å². The lowest BCUT2D eigenvalue weighted by atomic mass is 9.96. The molecule has 2 aliphatic heterocycles. The van der Waals surface area contributed by atoms with Crippen molar-refractivity contribution in [2.45, 2.75) is 47.0 Å². The third-order valence-electron chi connectivity index (χ3n) is 5.36. The van der Waals surface area contributed by atoms with E-state index in [0.717, 1.165) is 37.1 Å². The van der Waals surface area contributed by atoms with Crippen molar-refractivity contribution in [2.24, 2.45) is 5.92 Å². The monoisotopic (exact) mass is 340 g/mol. The van der Waals surface area contributed by atoms with Gasteiger partial charge in [0, 0.05) is 19.6 Å². The number of hydrogen-bond donors (Lipinski definition) is 0. The summed E-state index contributed by atoms with van der Waals surface area (Å²) in [6.45, 7) is 10.5. The van der Waals surface area contributed by atoms with Crippen LogP contribution >= 0.6 is 0 Å². The molecule has 25 heavy (non-hydrogen) atoms. The molecule has 0 saturated carbocycles. The third kappa shape index (κ3) is 3.22. The molecule has 1 atom stereocenters. The predicted molar refractivity (Wildman–Crippen MR) is 99.8 cm³/mol. The molecular formula is C21H28N2O2. The van der Waals surface area contributed by atoms with Crippen LogP contribution in [0.2, 0.25) is 0 Å². The topological polar surface area (TPSA) is 40.6 Å². The Morgan fingerprint density at radius 1 is 1.12 bits per heavy atom. The number of rotatable bonds is 4. The van der Waals surface area contributed by atoms with Gasteiger partial charge in [-0.1, -0.05) is 32.0 Å². The Hall–Kier alpha value is -2.10. The van der Waals surface area contributed by atoms with Crippen molar-refractivity contribution in [3.8, 4) is 0 Å². The van der Waals surface area contributed by atoms with Crippen LogP contribution in [0.25, 0.3) is 5.57 Å². The van der Waals surface area contributed by atoms with E-state index in [1.807, 2.05) is 32.0 Å². The van der Waals surface area contributed by atoms with Gasteiger partial charge >= 0.3 is 0 Å². The standard InChI is InChI=1S/C21H28N2O2/c1-5-10-23-20(24)18(17-9-8-15(3)16(4)12-17)19(21(23)25)22-11-6-7-14(2)13-22/h8-9,12,14H,5-7,10-11,13H2,1-4H3. The van der Waals surface area contributed by atoms with Crippen LogP contribution in [-0.2, 0) is 9.59 Å². The van der Waals surface area contributed by atoms with E-state index in [1.54, 1.807) is 0 Å². The van der Waals surface area contributed by atoms with Crippen LogP contribution < -0.4 is 0 Å². The molecule has 2 aliphatic rings. The van der Waals surface area contributed by atoms with Crippen molar-refractivity contribution in [3.05, 3.63) is 40.6 Å². The highest BCUT2D eigenvalue weighted by Crippen LogP contribution is 2.34. The molecule has 1 aromatic carbocycles. The fourth-order valence-corrected chi connectivity index (χ4v) is 3.83. The molecular weight excluding hydrogens is 312 g/mol. The lowest BCUT2D eigenvalue weighted by molar-refractivity contribution is -0.137. The highest BCUT2D eigenvalue weighted by atomic mass is 16.2. The number of likely N-dealkylation sites (tertiary alicyclic amines) is 1. The SMILES string of the molecule is CCCN1C(=O)C(c2ccc(C)c(C)c2)=C(N2CCCC(C)C2)C1=O. The van der Waals surface area contributed by atoms with Gasteiger partial charge < -0.3 is 4.90 Å². The maximum atomic E-state index is 13.1. The minimum Gasteiger partial charge on any atom is -0.366 e. The Labute approximate surface area is 150 Å². The second-order valence-corrected chi connectivity index (χ2v) is 7.48. The molecule has 2 heterocycles. The Morgan fingerprint density at radius 2 is 1.88 bits per heavy atom. The van der Waals surface area contributed by atoms with Gasteiger partial charge in [-0.3, -0.25) is 14.5 Å². The number of nitrogens with zero attached hydrogens (tertiary/aromatic N) is 2. The molecule has 0 aromatic heterocycles. The van der Waals surface area contributed by atoms with E-state index in [4.69, 9.17) is 0 Å². The normalized spacial score (nSPS) is 21.5. The zero-order chi connectivity index (χ0) is 18.1. The first-order valence-electron chi connectivity index (χ1n) is 9.37. The van der Waals surface area contributed by atoms with Crippen LogP contribution in [0.3, 0.4) is 0 Å². The molecule has 1 fully saturated rings. The van der Waals surface area contributed by atoms with Gasteiger partial charge in [-0.25, -0.2) is 0 Å². The molecule has 134 valence electrons. The minimum absolute atomic E-state index is 0.117. The molecule has 4 nitrogen and oxygen atoms in total. The van der Waals surface area contributed by atoms with E-state index in [1.165, 1.54) is 16.9 Å². The summed E-state index contributed by atoms with van der Waals surface area (Å²) >= 11 is 0. The average molecular weight is 340 g/mol. The molecule has 2 amide bonds. The second kappa shape index (κ2) is 7.03. The number of hydrogen-bond acceptors (Lipinski definition) is 3. The summed E-state index contributed by atoms with van der Waals surface area (Å²) in [7, 11) is 0. The van der Waals surface area contributed by atoms with E-state index < -0.39 is 0 Å². The zero-order valence-corrected chi connectivity index (χ0v) is 15.8. The molecule has 4 heteroatoms. The minimum atomic E-state index is -0.136. The predicted octanol–water partition coefficient (Wildman–Crippen LogP) is 3.53. The number of carbonyl (C=O) groups is 2. The molecule has 0 spiro atoms. The smallest absolute Gasteiger partial charge is 0.277 e. The molecule has 0 bridgehead atoms. The number of piperidine rings is 1. The lowest BCUT2D eigenvalue weighted by Gasteiger charge is -2.33. The van der Waals surface area contributed by atoms with E-state index in [-0.39, 0.29) is 11.8 Å². The van der Waals surface area contributed by atoms with Crippen LogP contribution in [-0.4, -0.2) is 41.2 Å². The maximum Gasteiger partial charge on any atom is 0.277 e. The largest absolute Gasteiger partial charge is 0.366 e. The molecule has 0 aliphatic carbocycles. The van der Waals surface area contributed by atoms with Gasteiger partial charge in [0.25, 0.3) is 11.8 Å². The Kier molecular flexibility index (Phi) is 4.98. The fourth-order valence-electron chi connectivity index (χ4n) is 3.83. The molecule has 1 unspecified atom stereocenters. The van der Waals surface area contributed by atoms with Crippen molar-refractivity contribution < 1.29 is 9.59 Å². The van der Waals surface area contributed by atoms with Crippen LogP contribution in [0.4, 0.5) is 0 Å². The van der Waals surface area contributed by atoms with Crippen LogP contribution in [0.15, 0.2) is 23.9 Å². The first kappa shape index (κ1) is 17.7. The summed E-state index contributed by atoms with van der Waals surface area (Å²) in [5.41, 5.74) is 4.42. The summed E-state index contributed by atoms with van der Waals surface area (Å²) in [6.07, 6.45) is 3.03. The van der Waals surface area contributed by atoms with Crippen LogP contribution in [0.1, 0.15) is 49.8 Å². The van der Waals surface area contributed by atoms with Crippen molar-refractivity contribution in [3.63, 3.8) is 0 Å². The van der Waals surface area contributed by atoms with Gasteiger partial charge in [0.05, 0.1) is 5.57 Å². The number of carbonyl (C=O) groups excluding carboxylic acids is 2. The van der Waals surface area contributed by atoms with Crippen molar-refractivity contribution in [1.82, 2.24) is 9.80 Å². The van der Waals surface area contributed by atoms with Crippen molar-refractivity contribution in [2.75, 3.05) is 19.6 Å². The van der Waals surface area contributed by atoms with Gasteiger partial charge in [-0.05, 0) is 55.7 Å². The van der Waals surface area contributed by atoms with E-state index >= 15 is 0 Å². The summed E-state index contributed by atoms with van der Waals surface area (Å²) in [4.78, 5) is 29.7. The van der Waals surface area contributed by atoms with Crippen LogP contribution in [0.5, 0.6) is 0 Å². The average Bonchev–Trinajstić information content (AvgIpc) is 2.82. The number of aryl methyl sites for hydroxylation is 2. The quantitative estimate of drug-likeness (QED) is 0.788. The highest BCUT2D eigenvalue weighted by Gasteiger charge is 2.41. The molecule has 0 radical (unpaired) electrons. The summed E-state index contributed by atoms with van der Waals surface area (Å²) in [5, 5.41) is 0. The second-order valence-electron chi connectivity index (χ2n) is 7.48. The van der Waals surface area contributed by atoms with Crippen molar-refractivity contribution >= 4 is 17.4 Å². The Balaban J connectivity index is 2.10. The first-order valence-corrected chi connectivity index (χ1v) is 9.37. The summed E-state index contributed by atoms with van der Waals surface area (Å²) in [6, 6.07) is 6.05. The Bertz CT molecular complexity index is 735. The van der Waals surface area contributed by atoms with Gasteiger partial charge in [0.15, 0.2) is 0 Å². The fraction of sp³-hybridized carbons (Fsp3) is 0.524. The van der Waals surface area contributed by atoms with Gasteiger partial charge in [0.2, 0.25) is 0 Å². The third-order valence-corrected chi connectivity index (χ3v) is 5.36. The van der Waals surface area contributed by atoms with E-state index in [0.29, 0.717) is 23.7 Å². The molecule has 1 aromatic rings. The molecule has 3 rings (SSSR count). The molecule has 0 N–H and O–H groups in total. The summed E-state index contributed by atoms with van der Waals surface area (Å²) in [5.74, 6) is 0.294. The number of benzene rings is 1. The number of amides is 2. The van der Waals surface area contributed by atoms with E-state index in [9.17, 15) is 9.59 Å². The van der Waals surface area contributed by atoms with Gasteiger partial charge in [-0.2, -0.15) is 0 Å². The maximum absolute atomic E-state index is 13.1. The van der Waals surface area contributed by atoms with E-state index in [2.05, 4.69) is 18.7 Å².